The average Bonchev–Trinajstić information content (AvgIpc) is 2.83. The first-order valence-electron chi connectivity index (χ1n) is 6.79. The summed E-state index contributed by atoms with van der Waals surface area (Å²) in [5.74, 6) is 1.65. The lowest BCUT2D eigenvalue weighted by atomic mass is 10.1. The van der Waals surface area contributed by atoms with Gasteiger partial charge in [-0.25, -0.2) is 0 Å². The zero-order valence-corrected chi connectivity index (χ0v) is 12.2. The lowest BCUT2D eigenvalue weighted by molar-refractivity contribution is -0.0103. The standard InChI is InChI=1S/C15H23NO3/c1-5-19-15(3,4)9-16-11(2)12-6-7-13-14(8-12)18-10-17-13/h6-8,11,16H,5,9-10H2,1-4H3. The molecule has 0 saturated carbocycles. The van der Waals surface area contributed by atoms with Gasteiger partial charge in [-0.2, -0.15) is 0 Å². The summed E-state index contributed by atoms with van der Waals surface area (Å²) in [5.41, 5.74) is 1.04. The van der Waals surface area contributed by atoms with E-state index >= 15 is 0 Å². The van der Waals surface area contributed by atoms with Crippen molar-refractivity contribution in [3.05, 3.63) is 23.8 Å². The van der Waals surface area contributed by atoms with Crippen LogP contribution in [-0.2, 0) is 4.74 Å². The SMILES string of the molecule is CCOC(C)(C)CNC(C)c1ccc2c(c1)OCO2. The summed E-state index contributed by atoms with van der Waals surface area (Å²) in [5, 5.41) is 3.49. The van der Waals surface area contributed by atoms with E-state index in [1.54, 1.807) is 0 Å². The van der Waals surface area contributed by atoms with E-state index in [9.17, 15) is 0 Å². The molecule has 1 aliphatic rings. The van der Waals surface area contributed by atoms with Crippen molar-refractivity contribution in [2.45, 2.75) is 39.3 Å². The van der Waals surface area contributed by atoms with Crippen molar-refractivity contribution in [3.8, 4) is 11.5 Å². The molecule has 106 valence electrons. The second kappa shape index (κ2) is 5.80. The predicted molar refractivity (Wildman–Crippen MR) is 74.7 cm³/mol. The molecule has 1 aromatic rings. The first-order chi connectivity index (χ1) is 9.02. The largest absolute Gasteiger partial charge is 0.454 e. The molecule has 0 spiro atoms. The maximum absolute atomic E-state index is 5.68. The van der Waals surface area contributed by atoms with Crippen LogP contribution in [0.15, 0.2) is 18.2 Å². The highest BCUT2D eigenvalue weighted by molar-refractivity contribution is 5.45. The fraction of sp³-hybridized carbons (Fsp3) is 0.600. The average molecular weight is 265 g/mol. The Bertz CT molecular complexity index is 431. The van der Waals surface area contributed by atoms with Gasteiger partial charge in [0, 0.05) is 19.2 Å². The molecule has 1 heterocycles. The summed E-state index contributed by atoms with van der Waals surface area (Å²) < 4.78 is 16.4. The van der Waals surface area contributed by atoms with Crippen LogP contribution < -0.4 is 14.8 Å². The lowest BCUT2D eigenvalue weighted by Gasteiger charge is -2.27. The van der Waals surface area contributed by atoms with Gasteiger partial charge in [0.1, 0.15) is 0 Å². The monoisotopic (exact) mass is 265 g/mol. The molecule has 4 heteroatoms. The normalized spacial score (nSPS) is 15.6. The highest BCUT2D eigenvalue weighted by Gasteiger charge is 2.20. The van der Waals surface area contributed by atoms with Crippen molar-refractivity contribution in [2.75, 3.05) is 19.9 Å². The van der Waals surface area contributed by atoms with Gasteiger partial charge < -0.3 is 19.5 Å². The Morgan fingerprint density at radius 1 is 1.32 bits per heavy atom. The van der Waals surface area contributed by atoms with Gasteiger partial charge in [0.25, 0.3) is 0 Å². The number of ether oxygens (including phenoxy) is 3. The molecule has 0 radical (unpaired) electrons. The molecule has 4 nitrogen and oxygen atoms in total. The third kappa shape index (κ3) is 3.61. The van der Waals surface area contributed by atoms with Crippen LogP contribution in [0.5, 0.6) is 11.5 Å². The molecule has 19 heavy (non-hydrogen) atoms. The third-order valence-corrected chi connectivity index (χ3v) is 3.27. The third-order valence-electron chi connectivity index (χ3n) is 3.27. The number of rotatable bonds is 6. The molecule has 0 bridgehead atoms. The van der Waals surface area contributed by atoms with Crippen LogP contribution in [0.3, 0.4) is 0 Å². The second-order valence-corrected chi connectivity index (χ2v) is 5.41. The van der Waals surface area contributed by atoms with Crippen molar-refractivity contribution >= 4 is 0 Å². The van der Waals surface area contributed by atoms with Gasteiger partial charge in [0.15, 0.2) is 11.5 Å². The molecule has 1 aliphatic heterocycles. The van der Waals surface area contributed by atoms with Crippen molar-refractivity contribution in [1.82, 2.24) is 5.32 Å². The minimum absolute atomic E-state index is 0.153. The Morgan fingerprint density at radius 2 is 2.05 bits per heavy atom. The number of fused-ring (bicyclic) bond motifs is 1. The first kappa shape index (κ1) is 14.2. The number of hydrogen-bond acceptors (Lipinski definition) is 4. The van der Waals surface area contributed by atoms with Crippen LogP contribution in [0, 0.1) is 0 Å². The van der Waals surface area contributed by atoms with Crippen molar-refractivity contribution in [3.63, 3.8) is 0 Å². The van der Waals surface area contributed by atoms with Gasteiger partial charge >= 0.3 is 0 Å². The Morgan fingerprint density at radius 3 is 2.79 bits per heavy atom. The number of hydrogen-bond donors (Lipinski definition) is 1. The van der Waals surface area contributed by atoms with E-state index in [2.05, 4.69) is 32.2 Å². The lowest BCUT2D eigenvalue weighted by Crippen LogP contribution is -2.38. The molecule has 1 N–H and O–H groups in total. The molecule has 0 aliphatic carbocycles. The molecule has 0 aromatic heterocycles. The van der Waals surface area contributed by atoms with Crippen LogP contribution >= 0.6 is 0 Å². The Labute approximate surface area is 115 Å². The molecule has 1 aromatic carbocycles. The van der Waals surface area contributed by atoms with Crippen LogP contribution in [-0.4, -0.2) is 25.5 Å². The minimum Gasteiger partial charge on any atom is -0.454 e. The van der Waals surface area contributed by atoms with Crippen molar-refractivity contribution in [2.24, 2.45) is 0 Å². The summed E-state index contributed by atoms with van der Waals surface area (Å²) in [4.78, 5) is 0. The fourth-order valence-electron chi connectivity index (χ4n) is 2.14. The molecular formula is C15H23NO3. The smallest absolute Gasteiger partial charge is 0.231 e. The van der Waals surface area contributed by atoms with Gasteiger partial charge in [-0.15, -0.1) is 0 Å². The molecule has 1 atom stereocenters. The molecule has 0 amide bonds. The van der Waals surface area contributed by atoms with E-state index in [0.29, 0.717) is 6.79 Å². The Hall–Kier alpha value is -1.26. The van der Waals surface area contributed by atoms with E-state index in [0.717, 1.165) is 24.7 Å². The maximum atomic E-state index is 5.68. The first-order valence-corrected chi connectivity index (χ1v) is 6.79. The van der Waals surface area contributed by atoms with Crippen molar-refractivity contribution in [1.29, 1.82) is 0 Å². The van der Waals surface area contributed by atoms with Crippen LogP contribution in [0.4, 0.5) is 0 Å². The topological polar surface area (TPSA) is 39.7 Å². The van der Waals surface area contributed by atoms with Gasteiger partial charge in [-0.1, -0.05) is 6.07 Å². The second-order valence-electron chi connectivity index (χ2n) is 5.41. The summed E-state index contributed by atoms with van der Waals surface area (Å²) in [6.07, 6.45) is 0. The van der Waals surface area contributed by atoms with E-state index < -0.39 is 0 Å². The molecule has 0 saturated heterocycles. The number of benzene rings is 1. The Kier molecular flexibility index (Phi) is 4.32. The minimum atomic E-state index is -0.153. The van der Waals surface area contributed by atoms with Crippen LogP contribution in [0.25, 0.3) is 0 Å². The summed E-state index contributed by atoms with van der Waals surface area (Å²) in [6.45, 7) is 10.2. The van der Waals surface area contributed by atoms with Crippen molar-refractivity contribution < 1.29 is 14.2 Å². The highest BCUT2D eigenvalue weighted by Crippen LogP contribution is 2.34. The van der Waals surface area contributed by atoms with Crippen LogP contribution in [0.1, 0.15) is 39.3 Å². The van der Waals surface area contributed by atoms with E-state index in [-0.39, 0.29) is 11.6 Å². The predicted octanol–water partition coefficient (Wildman–Crippen LogP) is 2.88. The van der Waals surface area contributed by atoms with Gasteiger partial charge in [-0.3, -0.25) is 0 Å². The zero-order chi connectivity index (χ0) is 13.9. The summed E-state index contributed by atoms with van der Waals surface area (Å²) in [7, 11) is 0. The molecule has 0 fully saturated rings. The van der Waals surface area contributed by atoms with Gasteiger partial charge in [-0.05, 0) is 45.4 Å². The Balaban J connectivity index is 1.95. The quantitative estimate of drug-likeness (QED) is 0.858. The molecule has 2 rings (SSSR count). The van der Waals surface area contributed by atoms with Crippen LogP contribution in [0.2, 0.25) is 0 Å². The summed E-state index contributed by atoms with van der Waals surface area (Å²) in [6, 6.07) is 6.31. The fourth-order valence-corrected chi connectivity index (χ4v) is 2.14. The molecular weight excluding hydrogens is 242 g/mol. The highest BCUT2D eigenvalue weighted by atomic mass is 16.7. The molecule has 1 unspecified atom stereocenters. The van der Waals surface area contributed by atoms with E-state index in [1.165, 1.54) is 5.56 Å². The maximum Gasteiger partial charge on any atom is 0.231 e. The zero-order valence-electron chi connectivity index (χ0n) is 12.2. The summed E-state index contributed by atoms with van der Waals surface area (Å²) >= 11 is 0. The van der Waals surface area contributed by atoms with E-state index in [4.69, 9.17) is 14.2 Å². The number of nitrogens with one attached hydrogen (secondary N) is 1. The van der Waals surface area contributed by atoms with E-state index in [1.807, 2.05) is 19.1 Å². The van der Waals surface area contributed by atoms with Gasteiger partial charge in [0.05, 0.1) is 5.60 Å². The van der Waals surface area contributed by atoms with Gasteiger partial charge in [0.2, 0.25) is 6.79 Å².